The van der Waals surface area contributed by atoms with Crippen molar-refractivity contribution in [3.8, 4) is 0 Å². The van der Waals surface area contributed by atoms with Gasteiger partial charge in [-0.15, -0.1) is 0 Å². The summed E-state index contributed by atoms with van der Waals surface area (Å²) in [6.07, 6.45) is 3.53. The Hall–Kier alpha value is 0.507. The van der Waals surface area contributed by atoms with E-state index in [-0.39, 0.29) is 0 Å². The van der Waals surface area contributed by atoms with E-state index in [4.69, 9.17) is 4.55 Å². The van der Waals surface area contributed by atoms with Crippen LogP contribution in [-0.4, -0.2) is 34.6 Å². The molecule has 1 unspecified atom stereocenters. The van der Waals surface area contributed by atoms with Crippen molar-refractivity contribution in [3.05, 3.63) is 0 Å². The molecule has 0 aromatic heterocycles. The molecular weight excluding hydrogens is 159 g/mol. The van der Waals surface area contributed by atoms with Gasteiger partial charge in [0.1, 0.15) is 0 Å². The predicted molar refractivity (Wildman–Crippen MR) is 45.2 cm³/mol. The third-order valence-corrected chi connectivity index (χ3v) is 2.98. The van der Waals surface area contributed by atoms with Gasteiger partial charge in [-0.3, -0.25) is 0 Å². The van der Waals surface area contributed by atoms with Gasteiger partial charge in [-0.2, -0.15) is 0 Å². The Morgan fingerprint density at radius 2 is 2.00 bits per heavy atom. The summed E-state index contributed by atoms with van der Waals surface area (Å²) in [5.41, 5.74) is 0. The van der Waals surface area contributed by atoms with Crippen LogP contribution < -0.4 is 0 Å². The first-order valence-electron chi connectivity index (χ1n) is 3.94. The van der Waals surface area contributed by atoms with Crippen LogP contribution in [0.5, 0.6) is 0 Å². The van der Waals surface area contributed by atoms with E-state index >= 15 is 0 Å². The van der Waals surface area contributed by atoms with Crippen molar-refractivity contribution in [3.63, 3.8) is 0 Å². The molecule has 3 nitrogen and oxygen atoms in total. The minimum atomic E-state index is -3.78. The molecule has 0 amide bonds. The Kier molecular flexibility index (Phi) is 5.45. The fraction of sp³-hybridized carbons (Fsp3) is 1.00. The molecule has 1 N–H and O–H groups in total. The van der Waals surface area contributed by atoms with Gasteiger partial charge in [0, 0.05) is 0 Å². The molecule has 1 atom stereocenters. The molecule has 0 aromatic carbocycles. The minimum absolute atomic E-state index is 0.562. The van der Waals surface area contributed by atoms with Gasteiger partial charge in [0.05, 0.1) is 0 Å². The van der Waals surface area contributed by atoms with Crippen molar-refractivity contribution in [1.29, 1.82) is 0 Å². The van der Waals surface area contributed by atoms with Crippen molar-refractivity contribution in [1.82, 2.24) is 0 Å². The van der Waals surface area contributed by atoms with Crippen LogP contribution >= 0.6 is 0 Å². The van der Waals surface area contributed by atoms with Gasteiger partial charge >= 0.3 is 77.3 Å². The fourth-order valence-electron chi connectivity index (χ4n) is 0.831. The van der Waals surface area contributed by atoms with Crippen LogP contribution in [0.25, 0.3) is 0 Å². The van der Waals surface area contributed by atoms with Crippen LogP contribution in [0, 0.1) is 0 Å². The van der Waals surface area contributed by atoms with Gasteiger partial charge in [-0.1, -0.05) is 0 Å². The third kappa shape index (κ3) is 5.74. The molecular formula is C6H13LiO3S. The van der Waals surface area contributed by atoms with Crippen molar-refractivity contribution < 1.29 is 13.0 Å². The average Bonchev–Trinajstić information content (AvgIpc) is 1.86. The quantitative estimate of drug-likeness (QED) is 0.381. The summed E-state index contributed by atoms with van der Waals surface area (Å²) in [5.74, 6) is 0. The van der Waals surface area contributed by atoms with E-state index < -0.39 is 14.0 Å². The van der Waals surface area contributed by atoms with Crippen molar-refractivity contribution in [2.45, 2.75) is 36.5 Å². The van der Waals surface area contributed by atoms with Gasteiger partial charge in [-0.05, 0) is 0 Å². The van der Waals surface area contributed by atoms with Gasteiger partial charge in [0.25, 0.3) is 0 Å². The van der Waals surface area contributed by atoms with Crippen molar-refractivity contribution >= 4 is 27.8 Å². The Morgan fingerprint density at radius 1 is 1.45 bits per heavy atom. The van der Waals surface area contributed by atoms with Gasteiger partial charge < -0.3 is 0 Å². The zero-order valence-corrected chi connectivity index (χ0v) is 7.89. The molecule has 0 aliphatic rings. The Bertz CT molecular complexity index is 188. The topological polar surface area (TPSA) is 54.4 Å². The van der Waals surface area contributed by atoms with E-state index in [1.54, 1.807) is 0 Å². The summed E-state index contributed by atoms with van der Waals surface area (Å²) in [6, 6.07) is 0. The van der Waals surface area contributed by atoms with Crippen LogP contribution in [0.2, 0.25) is 0 Å². The fourth-order valence-corrected chi connectivity index (χ4v) is 1.30. The molecule has 0 fully saturated rings. The number of hydrogen-bond acceptors (Lipinski definition) is 2. The molecule has 62 valence electrons. The number of rotatable bonds is 5. The molecule has 0 rings (SSSR count). The average molecular weight is 172 g/mol. The predicted octanol–water partition coefficient (Wildman–Crippen LogP) is 0.949. The van der Waals surface area contributed by atoms with E-state index in [0.717, 1.165) is 19.3 Å². The van der Waals surface area contributed by atoms with Crippen LogP contribution in [0.1, 0.15) is 32.6 Å². The first-order valence-corrected chi connectivity index (χ1v) is 5.45. The molecule has 11 heavy (non-hydrogen) atoms. The molecule has 0 aliphatic heterocycles. The Labute approximate surface area is 77.5 Å². The molecule has 0 saturated carbocycles. The van der Waals surface area contributed by atoms with Crippen molar-refractivity contribution in [2.75, 3.05) is 0 Å². The van der Waals surface area contributed by atoms with Crippen molar-refractivity contribution in [2.24, 2.45) is 0 Å². The summed E-state index contributed by atoms with van der Waals surface area (Å²) in [4.78, 5) is 0. The van der Waals surface area contributed by atoms with E-state index in [1.165, 1.54) is 17.7 Å². The molecule has 0 bridgehead atoms. The second-order valence-electron chi connectivity index (χ2n) is 2.82. The second kappa shape index (κ2) is 5.21. The first kappa shape index (κ1) is 11.5. The molecule has 0 aliphatic carbocycles. The van der Waals surface area contributed by atoms with E-state index in [1.807, 2.05) is 0 Å². The molecule has 0 radical (unpaired) electrons. The summed E-state index contributed by atoms with van der Waals surface area (Å²) in [7, 11) is -3.78. The zero-order valence-electron chi connectivity index (χ0n) is 7.08. The second-order valence-corrected chi connectivity index (χ2v) is 4.66. The Morgan fingerprint density at radius 3 is 2.36 bits per heavy atom. The van der Waals surface area contributed by atoms with E-state index in [9.17, 15) is 8.42 Å². The molecule has 0 saturated heterocycles. The summed E-state index contributed by atoms with van der Waals surface area (Å²) < 4.78 is 28.9. The summed E-state index contributed by atoms with van der Waals surface area (Å²) >= 11 is 1.53. The Balaban J connectivity index is 3.62. The molecule has 5 heteroatoms. The summed E-state index contributed by atoms with van der Waals surface area (Å²) in [6.45, 7) is 2.05. The standard InChI is InChI=1S/C6H13O3S.Li/c1-2-3-4-5-6-10(7,8)9;/h6H,2-5H2,1H3,(H,7,8,9);. The first-order chi connectivity index (χ1) is 4.98. The SMILES string of the molecule is [Li][CH](CCCCC)S(=O)(=O)O. The van der Waals surface area contributed by atoms with Crippen LogP contribution in [0.3, 0.4) is 0 Å². The van der Waals surface area contributed by atoms with Crippen LogP contribution in [0.15, 0.2) is 0 Å². The monoisotopic (exact) mass is 172 g/mol. The molecule has 0 aromatic rings. The maximum atomic E-state index is 10.5. The zero-order chi connectivity index (χ0) is 8.91. The van der Waals surface area contributed by atoms with Gasteiger partial charge in [0.2, 0.25) is 0 Å². The normalized spacial score (nSPS) is 14.9. The third-order valence-electron chi connectivity index (χ3n) is 1.72. The summed E-state index contributed by atoms with van der Waals surface area (Å²) in [5, 5.41) is 0. The van der Waals surface area contributed by atoms with E-state index in [0.29, 0.717) is 6.42 Å². The number of unbranched alkanes of at least 4 members (excludes halogenated alkanes) is 2. The number of hydrogen-bond donors (Lipinski definition) is 1. The molecule has 0 heterocycles. The van der Waals surface area contributed by atoms with Crippen LogP contribution in [-0.2, 0) is 10.1 Å². The van der Waals surface area contributed by atoms with E-state index in [2.05, 4.69) is 6.92 Å². The van der Waals surface area contributed by atoms with Gasteiger partial charge in [-0.25, -0.2) is 0 Å². The van der Waals surface area contributed by atoms with Crippen LogP contribution in [0.4, 0.5) is 0 Å². The molecule has 0 spiro atoms. The van der Waals surface area contributed by atoms with Gasteiger partial charge in [0.15, 0.2) is 0 Å². The maximum absolute atomic E-state index is 10.5.